The molecule has 17 heavy (non-hydrogen) atoms. The lowest BCUT2D eigenvalue weighted by Gasteiger charge is -2.34. The first-order valence-electron chi connectivity index (χ1n) is 6.67. The summed E-state index contributed by atoms with van der Waals surface area (Å²) in [6.45, 7) is 9.20. The summed E-state index contributed by atoms with van der Waals surface area (Å²) in [7, 11) is 2.20. The summed E-state index contributed by atoms with van der Waals surface area (Å²) in [5.74, 6) is 0.740. The Kier molecular flexibility index (Phi) is 4.06. The van der Waals surface area contributed by atoms with E-state index in [1.807, 2.05) is 0 Å². The van der Waals surface area contributed by atoms with E-state index in [0.29, 0.717) is 0 Å². The molecular formula is C15H24N2. The van der Waals surface area contributed by atoms with Crippen LogP contribution in [0, 0.1) is 5.92 Å². The maximum atomic E-state index is 2.49. The van der Waals surface area contributed by atoms with E-state index >= 15 is 0 Å². The van der Waals surface area contributed by atoms with E-state index in [9.17, 15) is 0 Å². The van der Waals surface area contributed by atoms with E-state index in [1.54, 1.807) is 0 Å². The van der Waals surface area contributed by atoms with E-state index < -0.39 is 0 Å². The van der Waals surface area contributed by atoms with Gasteiger partial charge in [0.05, 0.1) is 0 Å². The minimum atomic E-state index is 0.740. The lowest BCUT2D eigenvalue weighted by molar-refractivity contribution is 0.313. The van der Waals surface area contributed by atoms with E-state index in [0.717, 1.165) is 19.0 Å². The predicted octanol–water partition coefficient (Wildman–Crippen LogP) is 2.64. The van der Waals surface area contributed by atoms with E-state index in [4.69, 9.17) is 0 Å². The number of benzene rings is 1. The molecule has 0 amide bonds. The van der Waals surface area contributed by atoms with Crippen LogP contribution in [0.5, 0.6) is 0 Å². The third-order valence-corrected chi connectivity index (χ3v) is 3.45. The molecule has 1 aliphatic heterocycles. The van der Waals surface area contributed by atoms with E-state index in [2.05, 4.69) is 55.0 Å². The molecule has 0 saturated carbocycles. The Hall–Kier alpha value is -1.02. The minimum absolute atomic E-state index is 0.740. The lowest BCUT2D eigenvalue weighted by Crippen LogP contribution is -2.44. The first-order chi connectivity index (χ1) is 8.15. The SMILES string of the molecule is CC(C)Cc1ccc(N2CCN(C)CC2)cc1. The van der Waals surface area contributed by atoms with Crippen LogP contribution in [-0.2, 0) is 6.42 Å². The number of likely N-dealkylation sites (N-methyl/N-ethyl adjacent to an activating group) is 1. The summed E-state index contributed by atoms with van der Waals surface area (Å²) in [6, 6.07) is 9.13. The molecular weight excluding hydrogens is 208 g/mol. The molecule has 2 rings (SSSR count). The number of hydrogen-bond donors (Lipinski definition) is 0. The molecule has 2 nitrogen and oxygen atoms in total. The summed E-state index contributed by atoms with van der Waals surface area (Å²) in [4.78, 5) is 4.88. The maximum absolute atomic E-state index is 2.49. The number of rotatable bonds is 3. The minimum Gasteiger partial charge on any atom is -0.369 e. The second-order valence-electron chi connectivity index (χ2n) is 5.55. The first-order valence-corrected chi connectivity index (χ1v) is 6.67. The lowest BCUT2D eigenvalue weighted by atomic mass is 10.0. The average Bonchev–Trinajstić information content (AvgIpc) is 2.30. The second kappa shape index (κ2) is 5.54. The van der Waals surface area contributed by atoms with Gasteiger partial charge in [-0.3, -0.25) is 0 Å². The van der Waals surface area contributed by atoms with Gasteiger partial charge in [-0.1, -0.05) is 26.0 Å². The molecule has 0 atom stereocenters. The van der Waals surface area contributed by atoms with Crippen molar-refractivity contribution in [2.75, 3.05) is 38.1 Å². The van der Waals surface area contributed by atoms with Gasteiger partial charge in [-0.25, -0.2) is 0 Å². The number of piperazine rings is 1. The second-order valence-corrected chi connectivity index (χ2v) is 5.55. The molecule has 94 valence electrons. The Bertz CT molecular complexity index is 334. The normalized spacial score (nSPS) is 17.8. The van der Waals surface area contributed by atoms with Crippen LogP contribution in [0.15, 0.2) is 24.3 Å². The Morgan fingerprint density at radius 3 is 2.12 bits per heavy atom. The predicted molar refractivity (Wildman–Crippen MR) is 74.7 cm³/mol. The molecule has 1 heterocycles. The quantitative estimate of drug-likeness (QED) is 0.790. The number of anilines is 1. The van der Waals surface area contributed by atoms with Gasteiger partial charge in [0.2, 0.25) is 0 Å². The molecule has 1 saturated heterocycles. The Labute approximate surface area is 105 Å². The summed E-state index contributed by atoms with van der Waals surface area (Å²) in [6.07, 6.45) is 1.18. The van der Waals surface area contributed by atoms with Crippen LogP contribution in [0.4, 0.5) is 5.69 Å². The van der Waals surface area contributed by atoms with Crippen molar-refractivity contribution in [1.82, 2.24) is 4.90 Å². The monoisotopic (exact) mass is 232 g/mol. The van der Waals surface area contributed by atoms with Gasteiger partial charge in [0.25, 0.3) is 0 Å². The highest BCUT2D eigenvalue weighted by Crippen LogP contribution is 2.18. The molecule has 1 aromatic carbocycles. The van der Waals surface area contributed by atoms with Crippen LogP contribution in [0.25, 0.3) is 0 Å². The molecule has 0 bridgehead atoms. The van der Waals surface area contributed by atoms with Crippen molar-refractivity contribution < 1.29 is 0 Å². The van der Waals surface area contributed by atoms with Gasteiger partial charge in [-0.15, -0.1) is 0 Å². The van der Waals surface area contributed by atoms with Crippen molar-refractivity contribution in [3.8, 4) is 0 Å². The van der Waals surface area contributed by atoms with Crippen molar-refractivity contribution in [3.63, 3.8) is 0 Å². The molecule has 1 aliphatic rings. The third kappa shape index (κ3) is 3.47. The van der Waals surface area contributed by atoms with Gasteiger partial charge in [0.15, 0.2) is 0 Å². The topological polar surface area (TPSA) is 6.48 Å². The molecule has 0 unspecified atom stereocenters. The van der Waals surface area contributed by atoms with Crippen LogP contribution >= 0.6 is 0 Å². The molecule has 0 radical (unpaired) electrons. The van der Waals surface area contributed by atoms with Gasteiger partial charge in [0, 0.05) is 31.9 Å². The summed E-state index contributed by atoms with van der Waals surface area (Å²) in [5, 5.41) is 0. The van der Waals surface area contributed by atoms with Gasteiger partial charge in [0.1, 0.15) is 0 Å². The van der Waals surface area contributed by atoms with Crippen molar-refractivity contribution >= 4 is 5.69 Å². The van der Waals surface area contributed by atoms with Gasteiger partial charge >= 0.3 is 0 Å². The Morgan fingerprint density at radius 2 is 1.59 bits per heavy atom. The Morgan fingerprint density at radius 1 is 1.00 bits per heavy atom. The fourth-order valence-electron chi connectivity index (χ4n) is 2.38. The average molecular weight is 232 g/mol. The molecule has 2 heteroatoms. The van der Waals surface area contributed by atoms with Crippen LogP contribution in [0.3, 0.4) is 0 Å². The third-order valence-electron chi connectivity index (χ3n) is 3.45. The molecule has 0 aliphatic carbocycles. The van der Waals surface area contributed by atoms with Crippen molar-refractivity contribution in [1.29, 1.82) is 0 Å². The van der Waals surface area contributed by atoms with Crippen molar-refractivity contribution in [2.24, 2.45) is 5.92 Å². The molecule has 0 aromatic heterocycles. The highest BCUT2D eigenvalue weighted by atomic mass is 15.2. The number of nitrogens with zero attached hydrogens (tertiary/aromatic N) is 2. The zero-order valence-electron chi connectivity index (χ0n) is 11.3. The fourth-order valence-corrected chi connectivity index (χ4v) is 2.38. The van der Waals surface area contributed by atoms with Crippen molar-refractivity contribution in [2.45, 2.75) is 20.3 Å². The zero-order valence-corrected chi connectivity index (χ0v) is 11.3. The molecule has 1 fully saturated rings. The van der Waals surface area contributed by atoms with E-state index in [-0.39, 0.29) is 0 Å². The largest absolute Gasteiger partial charge is 0.369 e. The summed E-state index contributed by atoms with van der Waals surface area (Å²) < 4.78 is 0. The maximum Gasteiger partial charge on any atom is 0.0367 e. The van der Waals surface area contributed by atoms with Gasteiger partial charge < -0.3 is 9.80 Å². The Balaban J connectivity index is 1.97. The fraction of sp³-hybridized carbons (Fsp3) is 0.600. The van der Waals surface area contributed by atoms with Crippen LogP contribution in [0.1, 0.15) is 19.4 Å². The molecule has 0 spiro atoms. The smallest absolute Gasteiger partial charge is 0.0367 e. The van der Waals surface area contributed by atoms with E-state index in [1.165, 1.54) is 30.8 Å². The van der Waals surface area contributed by atoms with Crippen LogP contribution in [0.2, 0.25) is 0 Å². The summed E-state index contributed by atoms with van der Waals surface area (Å²) >= 11 is 0. The van der Waals surface area contributed by atoms with Crippen LogP contribution < -0.4 is 4.90 Å². The van der Waals surface area contributed by atoms with Gasteiger partial charge in [-0.05, 0) is 37.1 Å². The zero-order chi connectivity index (χ0) is 12.3. The highest BCUT2D eigenvalue weighted by Gasteiger charge is 2.13. The molecule has 1 aromatic rings. The molecule has 0 N–H and O–H groups in total. The van der Waals surface area contributed by atoms with Gasteiger partial charge in [-0.2, -0.15) is 0 Å². The standard InChI is InChI=1S/C15H24N2/c1-13(2)12-14-4-6-15(7-5-14)17-10-8-16(3)9-11-17/h4-7,13H,8-12H2,1-3H3. The summed E-state index contributed by atoms with van der Waals surface area (Å²) in [5.41, 5.74) is 2.84. The number of hydrogen-bond acceptors (Lipinski definition) is 2. The van der Waals surface area contributed by atoms with Crippen molar-refractivity contribution in [3.05, 3.63) is 29.8 Å². The van der Waals surface area contributed by atoms with Crippen LogP contribution in [-0.4, -0.2) is 38.1 Å². The highest BCUT2D eigenvalue weighted by molar-refractivity contribution is 5.48. The first kappa shape index (κ1) is 12.4.